The molecule has 1 fully saturated rings. The lowest BCUT2D eigenvalue weighted by molar-refractivity contribution is -0.318. The Balaban J connectivity index is 1.73. The van der Waals surface area contributed by atoms with Gasteiger partial charge in [-0.1, -0.05) is 50.2 Å². The van der Waals surface area contributed by atoms with Crippen molar-refractivity contribution in [3.8, 4) is 5.75 Å². The van der Waals surface area contributed by atoms with Gasteiger partial charge >= 0.3 is 0 Å². The molecule has 4 nitrogen and oxygen atoms in total. The molecule has 24 heavy (non-hydrogen) atoms. The van der Waals surface area contributed by atoms with Crippen LogP contribution in [0.4, 0.5) is 0 Å². The third-order valence-electron chi connectivity index (χ3n) is 4.48. The van der Waals surface area contributed by atoms with Crippen molar-refractivity contribution < 1.29 is 14.2 Å². The molecule has 4 heteroatoms. The Morgan fingerprint density at radius 3 is 2.04 bits per heavy atom. The molecule has 1 atom stereocenters. The predicted octanol–water partition coefficient (Wildman–Crippen LogP) is 3.57. The van der Waals surface area contributed by atoms with Crippen molar-refractivity contribution in [1.29, 1.82) is 0 Å². The molecular formula is C20H25NO3. The Kier molecular flexibility index (Phi) is 4.90. The van der Waals surface area contributed by atoms with E-state index in [2.05, 4.69) is 50.2 Å². The summed E-state index contributed by atoms with van der Waals surface area (Å²) in [5.41, 5.74) is 9.30. The molecule has 0 radical (unpaired) electrons. The van der Waals surface area contributed by atoms with E-state index in [9.17, 15) is 0 Å². The van der Waals surface area contributed by atoms with Crippen LogP contribution in [0, 0.1) is 0 Å². The van der Waals surface area contributed by atoms with E-state index in [0.29, 0.717) is 6.79 Å². The minimum Gasteiger partial charge on any atom is -0.476 e. The summed E-state index contributed by atoms with van der Waals surface area (Å²) >= 11 is 0. The normalized spacial score (nSPS) is 16.5. The first-order chi connectivity index (χ1) is 11.4. The zero-order valence-corrected chi connectivity index (χ0v) is 14.5. The molecule has 3 rings (SSSR count). The van der Waals surface area contributed by atoms with Gasteiger partial charge in [0.1, 0.15) is 12.0 Å². The fourth-order valence-corrected chi connectivity index (χ4v) is 2.86. The van der Waals surface area contributed by atoms with Crippen LogP contribution in [0.3, 0.4) is 0 Å². The minimum atomic E-state index is -0.306. The zero-order chi connectivity index (χ0) is 17.2. The van der Waals surface area contributed by atoms with Crippen molar-refractivity contribution in [2.75, 3.05) is 6.79 Å². The first kappa shape index (κ1) is 17.0. The predicted molar refractivity (Wildman–Crippen MR) is 93.8 cm³/mol. The maximum atomic E-state index is 5.66. The van der Waals surface area contributed by atoms with E-state index in [1.165, 1.54) is 16.7 Å². The van der Waals surface area contributed by atoms with E-state index in [-0.39, 0.29) is 17.9 Å². The molecule has 1 heterocycles. The molecule has 2 aromatic rings. The summed E-state index contributed by atoms with van der Waals surface area (Å²) in [6.07, 6.45) is 0.408. The first-order valence-electron chi connectivity index (χ1n) is 8.30. The number of benzene rings is 2. The molecule has 128 valence electrons. The van der Waals surface area contributed by atoms with Gasteiger partial charge in [0.2, 0.25) is 0 Å². The molecule has 0 bridgehead atoms. The zero-order valence-electron chi connectivity index (χ0n) is 14.5. The van der Waals surface area contributed by atoms with E-state index in [4.69, 9.17) is 19.9 Å². The summed E-state index contributed by atoms with van der Waals surface area (Å²) in [4.78, 5) is 0. The van der Waals surface area contributed by atoms with E-state index in [0.717, 1.165) is 12.2 Å². The second-order valence-corrected chi connectivity index (χ2v) is 6.75. The van der Waals surface area contributed by atoms with Crippen molar-refractivity contribution in [3.63, 3.8) is 0 Å². The van der Waals surface area contributed by atoms with Gasteiger partial charge in [0.05, 0.1) is 0 Å². The topological polar surface area (TPSA) is 53.7 Å². The molecular weight excluding hydrogens is 302 g/mol. The molecule has 1 aliphatic rings. The quantitative estimate of drug-likeness (QED) is 0.824. The van der Waals surface area contributed by atoms with Crippen molar-refractivity contribution in [2.24, 2.45) is 5.73 Å². The number of nitrogens with two attached hydrogens (primary N) is 1. The summed E-state index contributed by atoms with van der Waals surface area (Å²) in [6.45, 7) is 6.68. The summed E-state index contributed by atoms with van der Waals surface area (Å²) in [7, 11) is 0. The highest BCUT2D eigenvalue weighted by atomic mass is 16.8. The lowest BCUT2D eigenvalue weighted by Crippen LogP contribution is -2.32. The Morgan fingerprint density at radius 1 is 1.04 bits per heavy atom. The van der Waals surface area contributed by atoms with Gasteiger partial charge in [-0.25, -0.2) is 0 Å². The summed E-state index contributed by atoms with van der Waals surface area (Å²) in [5.74, 6) is 0.792. The monoisotopic (exact) mass is 327 g/mol. The molecule has 0 saturated carbocycles. The fourth-order valence-electron chi connectivity index (χ4n) is 2.86. The lowest BCUT2D eigenvalue weighted by Gasteiger charge is -2.28. The van der Waals surface area contributed by atoms with Crippen LogP contribution in [0.2, 0.25) is 0 Å². The second-order valence-electron chi connectivity index (χ2n) is 6.75. The largest absolute Gasteiger partial charge is 0.476 e. The molecule has 2 aromatic carbocycles. The smallest absolute Gasteiger partial charge is 0.167 e. The summed E-state index contributed by atoms with van der Waals surface area (Å²) in [5, 5.41) is 0. The van der Waals surface area contributed by atoms with Gasteiger partial charge < -0.3 is 14.2 Å². The summed E-state index contributed by atoms with van der Waals surface area (Å²) < 4.78 is 16.1. The average Bonchev–Trinajstić information content (AvgIpc) is 2.51. The lowest BCUT2D eigenvalue weighted by atomic mass is 9.78. The fraction of sp³-hybridized carbons (Fsp3) is 0.400. The van der Waals surface area contributed by atoms with Crippen LogP contribution in [-0.2, 0) is 21.3 Å². The van der Waals surface area contributed by atoms with Crippen LogP contribution in [0.25, 0.3) is 0 Å². The maximum absolute atomic E-state index is 5.66. The minimum absolute atomic E-state index is 0.0821. The van der Waals surface area contributed by atoms with Crippen LogP contribution in [0.5, 0.6) is 5.75 Å². The van der Waals surface area contributed by atoms with E-state index >= 15 is 0 Å². The Labute approximate surface area is 143 Å². The van der Waals surface area contributed by atoms with Crippen LogP contribution < -0.4 is 10.5 Å². The molecule has 0 amide bonds. The molecule has 0 spiro atoms. The number of hydrogen-bond donors (Lipinski definition) is 1. The highest BCUT2D eigenvalue weighted by molar-refractivity contribution is 5.41. The molecule has 0 aliphatic carbocycles. The molecule has 1 unspecified atom stereocenters. The van der Waals surface area contributed by atoms with Crippen molar-refractivity contribution in [3.05, 3.63) is 65.2 Å². The summed E-state index contributed by atoms with van der Waals surface area (Å²) in [6, 6.07) is 16.8. The second kappa shape index (κ2) is 6.93. The highest BCUT2D eigenvalue weighted by Gasteiger charge is 2.24. The van der Waals surface area contributed by atoms with E-state index < -0.39 is 0 Å². The standard InChI is InChI=1S/C20H25NO3/c1-14(21)24-18-10-8-17(9-11-18)20(2,3)16-6-4-15(5-7-16)12-19-22-13-23-19/h4-11,14,19H,12-13,21H2,1-3H3. The number of rotatable bonds is 6. The van der Waals surface area contributed by atoms with E-state index in [1.807, 2.05) is 19.1 Å². The van der Waals surface area contributed by atoms with Crippen LogP contribution >= 0.6 is 0 Å². The van der Waals surface area contributed by atoms with Gasteiger partial charge in [0, 0.05) is 11.8 Å². The van der Waals surface area contributed by atoms with Gasteiger partial charge in [-0.15, -0.1) is 0 Å². The third kappa shape index (κ3) is 3.78. The van der Waals surface area contributed by atoms with Gasteiger partial charge in [-0.05, 0) is 35.7 Å². The molecule has 0 aromatic heterocycles. The Hall–Kier alpha value is -1.88. The van der Waals surface area contributed by atoms with Crippen molar-refractivity contribution in [2.45, 2.75) is 45.1 Å². The van der Waals surface area contributed by atoms with Gasteiger partial charge in [-0.3, -0.25) is 5.73 Å². The van der Waals surface area contributed by atoms with Gasteiger partial charge in [-0.2, -0.15) is 0 Å². The Bertz CT molecular complexity index is 658. The van der Waals surface area contributed by atoms with Gasteiger partial charge in [0.15, 0.2) is 13.1 Å². The molecule has 1 saturated heterocycles. The molecule has 2 N–H and O–H groups in total. The SMILES string of the molecule is CC(N)Oc1ccc(C(C)(C)c2ccc(CC3OCO3)cc2)cc1. The molecule has 1 aliphatic heterocycles. The average molecular weight is 327 g/mol. The maximum Gasteiger partial charge on any atom is 0.167 e. The van der Waals surface area contributed by atoms with Crippen molar-refractivity contribution >= 4 is 0 Å². The van der Waals surface area contributed by atoms with Crippen LogP contribution in [0.1, 0.15) is 37.5 Å². The number of ether oxygens (including phenoxy) is 3. The third-order valence-corrected chi connectivity index (χ3v) is 4.48. The van der Waals surface area contributed by atoms with Crippen LogP contribution in [-0.4, -0.2) is 19.3 Å². The highest BCUT2D eigenvalue weighted by Crippen LogP contribution is 2.32. The number of hydrogen-bond acceptors (Lipinski definition) is 4. The van der Waals surface area contributed by atoms with Crippen molar-refractivity contribution in [1.82, 2.24) is 0 Å². The Morgan fingerprint density at radius 2 is 1.58 bits per heavy atom. The first-order valence-corrected chi connectivity index (χ1v) is 8.30. The van der Waals surface area contributed by atoms with Gasteiger partial charge in [0.25, 0.3) is 0 Å². The van der Waals surface area contributed by atoms with E-state index in [1.54, 1.807) is 0 Å². The van der Waals surface area contributed by atoms with Crippen LogP contribution in [0.15, 0.2) is 48.5 Å².